The van der Waals surface area contributed by atoms with E-state index in [1.165, 1.54) is 0 Å². The number of nitrogens with one attached hydrogen (secondary N) is 2. The lowest BCUT2D eigenvalue weighted by atomic mass is 9.97. The van der Waals surface area contributed by atoms with Crippen LogP contribution in [-0.2, 0) is 5.41 Å². The van der Waals surface area contributed by atoms with E-state index in [0.717, 1.165) is 22.2 Å². The number of hydrogen-bond acceptors (Lipinski definition) is 5. The number of para-hydroxylation sites is 1. The van der Waals surface area contributed by atoms with Gasteiger partial charge in [0.1, 0.15) is 6.07 Å². The van der Waals surface area contributed by atoms with Crippen molar-refractivity contribution < 1.29 is 4.42 Å². The van der Waals surface area contributed by atoms with Gasteiger partial charge in [0.25, 0.3) is 5.88 Å². The molecule has 0 saturated carbocycles. The third kappa shape index (κ3) is 2.88. The number of fused-ring (bicyclic) bond motifs is 1. The second-order valence-electron chi connectivity index (χ2n) is 6.64. The van der Waals surface area contributed by atoms with Gasteiger partial charge in [-0.15, -0.1) is 0 Å². The Labute approximate surface area is 140 Å². The second kappa shape index (κ2) is 5.85. The molecule has 2 heterocycles. The number of aromatic nitrogens is 2. The molecule has 24 heavy (non-hydrogen) atoms. The smallest absolute Gasteiger partial charge is 0.252 e. The summed E-state index contributed by atoms with van der Waals surface area (Å²) in [7, 11) is 0. The Kier molecular flexibility index (Phi) is 3.86. The minimum absolute atomic E-state index is 0.202. The summed E-state index contributed by atoms with van der Waals surface area (Å²) in [6.45, 7) is 7.92. The summed E-state index contributed by atoms with van der Waals surface area (Å²) in [5, 5.41) is 14.5. The lowest BCUT2D eigenvalue weighted by Crippen LogP contribution is -2.11. The van der Waals surface area contributed by atoms with Crippen molar-refractivity contribution in [1.29, 1.82) is 5.26 Å². The molecule has 0 radical (unpaired) electrons. The number of aromatic amines is 1. The summed E-state index contributed by atoms with van der Waals surface area (Å²) in [6, 6.07) is 10.1. The number of aryl methyl sites for hydroxylation is 1. The summed E-state index contributed by atoms with van der Waals surface area (Å²) in [6.07, 6.45) is 1.72. The van der Waals surface area contributed by atoms with E-state index in [9.17, 15) is 5.26 Å². The second-order valence-corrected chi connectivity index (χ2v) is 6.64. The largest absolute Gasteiger partial charge is 0.421 e. The van der Waals surface area contributed by atoms with Crippen molar-refractivity contribution >= 4 is 23.0 Å². The zero-order valence-electron chi connectivity index (χ0n) is 14.1. The van der Waals surface area contributed by atoms with Crippen molar-refractivity contribution in [1.82, 2.24) is 9.97 Å². The van der Waals surface area contributed by atoms with Gasteiger partial charge in [-0.2, -0.15) is 15.3 Å². The van der Waals surface area contributed by atoms with Crippen LogP contribution in [0.1, 0.15) is 43.6 Å². The molecule has 0 aliphatic heterocycles. The predicted octanol–water partition coefficient (Wildman–Crippen LogP) is 4.08. The molecule has 0 unspecified atom stereocenters. The van der Waals surface area contributed by atoms with Crippen LogP contribution in [0.4, 0.5) is 5.88 Å². The van der Waals surface area contributed by atoms with E-state index < -0.39 is 0 Å². The first-order valence-electron chi connectivity index (χ1n) is 7.68. The summed E-state index contributed by atoms with van der Waals surface area (Å²) in [4.78, 5) is 7.53. The third-order valence-corrected chi connectivity index (χ3v) is 3.68. The van der Waals surface area contributed by atoms with E-state index in [1.807, 2.05) is 58.0 Å². The van der Waals surface area contributed by atoms with Crippen molar-refractivity contribution in [2.45, 2.75) is 33.1 Å². The molecule has 0 amide bonds. The fourth-order valence-electron chi connectivity index (χ4n) is 2.41. The number of hydrogen-bond donors (Lipinski definition) is 2. The van der Waals surface area contributed by atoms with Crippen molar-refractivity contribution in [3.05, 3.63) is 47.1 Å². The van der Waals surface area contributed by atoms with Gasteiger partial charge in [-0.3, -0.25) is 0 Å². The number of rotatable bonds is 3. The van der Waals surface area contributed by atoms with Crippen LogP contribution in [-0.4, -0.2) is 16.2 Å². The Bertz CT molecular complexity index is 950. The molecular formula is C18H19N5O. The van der Waals surface area contributed by atoms with Gasteiger partial charge in [0.2, 0.25) is 11.6 Å². The average Bonchev–Trinajstić information content (AvgIpc) is 3.08. The van der Waals surface area contributed by atoms with E-state index in [1.54, 1.807) is 6.21 Å². The zero-order chi connectivity index (χ0) is 17.3. The normalized spacial score (nSPS) is 12.0. The first kappa shape index (κ1) is 15.8. The van der Waals surface area contributed by atoms with Crippen molar-refractivity contribution in [2.24, 2.45) is 5.10 Å². The number of oxazole rings is 1. The highest BCUT2D eigenvalue weighted by Crippen LogP contribution is 2.27. The van der Waals surface area contributed by atoms with E-state index in [2.05, 4.69) is 20.5 Å². The Balaban J connectivity index is 1.88. The highest BCUT2D eigenvalue weighted by Gasteiger charge is 2.23. The van der Waals surface area contributed by atoms with Gasteiger partial charge in [-0.25, -0.2) is 5.43 Å². The van der Waals surface area contributed by atoms with Gasteiger partial charge < -0.3 is 9.40 Å². The summed E-state index contributed by atoms with van der Waals surface area (Å²) >= 11 is 0. The Morgan fingerprint density at radius 1 is 1.33 bits per heavy atom. The van der Waals surface area contributed by atoms with Gasteiger partial charge in [-0.05, 0) is 13.0 Å². The summed E-state index contributed by atoms with van der Waals surface area (Å²) in [5.74, 6) is 0.760. The molecule has 122 valence electrons. The van der Waals surface area contributed by atoms with Crippen molar-refractivity contribution in [3.8, 4) is 6.07 Å². The van der Waals surface area contributed by atoms with E-state index in [4.69, 9.17) is 4.42 Å². The number of anilines is 1. The average molecular weight is 321 g/mol. The summed E-state index contributed by atoms with van der Waals surface area (Å²) < 4.78 is 5.64. The molecule has 0 atom stereocenters. The quantitative estimate of drug-likeness (QED) is 0.562. The minimum atomic E-state index is -0.275. The van der Waals surface area contributed by atoms with Crippen LogP contribution in [0.3, 0.4) is 0 Å². The van der Waals surface area contributed by atoms with Gasteiger partial charge in [0.05, 0.1) is 6.21 Å². The van der Waals surface area contributed by atoms with Crippen LogP contribution >= 0.6 is 0 Å². The first-order valence-corrected chi connectivity index (χ1v) is 7.68. The molecular weight excluding hydrogens is 302 g/mol. The topological polar surface area (TPSA) is 90.0 Å². The van der Waals surface area contributed by atoms with Gasteiger partial charge in [-0.1, -0.05) is 39.0 Å². The molecule has 2 N–H and O–H groups in total. The number of H-pyrrole nitrogens is 1. The molecule has 2 aromatic heterocycles. The molecule has 0 aliphatic rings. The maximum absolute atomic E-state index is 9.20. The van der Waals surface area contributed by atoms with Gasteiger partial charge in [0, 0.05) is 27.6 Å². The SMILES string of the molecule is Cc1[nH]c2ccccc2c1/C=N/Nc1oc(C(C)(C)C)nc1C#N. The van der Waals surface area contributed by atoms with Crippen LogP contribution in [0, 0.1) is 18.3 Å². The number of nitrogens with zero attached hydrogens (tertiary/aromatic N) is 3. The molecule has 0 bridgehead atoms. The summed E-state index contributed by atoms with van der Waals surface area (Å²) in [5.41, 5.74) is 5.79. The van der Waals surface area contributed by atoms with E-state index in [-0.39, 0.29) is 17.0 Å². The maximum Gasteiger partial charge on any atom is 0.252 e. The third-order valence-electron chi connectivity index (χ3n) is 3.68. The fraction of sp³-hybridized carbons (Fsp3) is 0.278. The Morgan fingerprint density at radius 2 is 2.08 bits per heavy atom. The van der Waals surface area contributed by atoms with E-state index >= 15 is 0 Å². The minimum Gasteiger partial charge on any atom is -0.421 e. The van der Waals surface area contributed by atoms with Crippen LogP contribution in [0.2, 0.25) is 0 Å². The van der Waals surface area contributed by atoms with Crippen LogP contribution in [0.5, 0.6) is 0 Å². The molecule has 0 aliphatic carbocycles. The Morgan fingerprint density at radius 3 is 2.79 bits per heavy atom. The highest BCUT2D eigenvalue weighted by atomic mass is 16.4. The van der Waals surface area contributed by atoms with Crippen molar-refractivity contribution in [3.63, 3.8) is 0 Å². The molecule has 6 nitrogen and oxygen atoms in total. The zero-order valence-corrected chi connectivity index (χ0v) is 14.1. The number of hydrazone groups is 1. The van der Waals surface area contributed by atoms with Gasteiger partial charge in [0.15, 0.2) is 0 Å². The predicted molar refractivity (Wildman–Crippen MR) is 94.2 cm³/mol. The van der Waals surface area contributed by atoms with Crippen LogP contribution in [0.25, 0.3) is 10.9 Å². The standard InChI is InChI=1S/C18H19N5O/c1-11-13(12-7-5-6-8-14(12)21-11)10-20-23-16-15(9-19)22-17(24-16)18(2,3)4/h5-8,10,21,23H,1-4H3/b20-10+. The van der Waals surface area contributed by atoms with E-state index in [0.29, 0.717) is 5.89 Å². The van der Waals surface area contributed by atoms with Crippen LogP contribution < -0.4 is 5.43 Å². The molecule has 1 aromatic carbocycles. The molecule has 3 aromatic rings. The molecule has 3 rings (SSSR count). The lowest BCUT2D eigenvalue weighted by Gasteiger charge is -2.11. The Hall–Kier alpha value is -3.07. The molecule has 0 fully saturated rings. The number of nitriles is 1. The van der Waals surface area contributed by atoms with Gasteiger partial charge >= 0.3 is 0 Å². The first-order chi connectivity index (χ1) is 11.4. The van der Waals surface area contributed by atoms with Crippen molar-refractivity contribution in [2.75, 3.05) is 5.43 Å². The highest BCUT2D eigenvalue weighted by molar-refractivity contribution is 6.00. The monoisotopic (exact) mass is 321 g/mol. The molecule has 6 heteroatoms. The molecule has 0 saturated heterocycles. The number of benzene rings is 1. The fourth-order valence-corrected chi connectivity index (χ4v) is 2.41. The van der Waals surface area contributed by atoms with Crippen LogP contribution in [0.15, 0.2) is 33.8 Å². The maximum atomic E-state index is 9.20. The lowest BCUT2D eigenvalue weighted by molar-refractivity contribution is 0.399. The molecule has 0 spiro atoms.